The Morgan fingerprint density at radius 2 is 2.04 bits per heavy atom. The van der Waals surface area contributed by atoms with Crippen molar-refractivity contribution in [2.24, 2.45) is 5.92 Å². The van der Waals surface area contributed by atoms with Crippen molar-refractivity contribution in [1.29, 1.82) is 0 Å². The van der Waals surface area contributed by atoms with Gasteiger partial charge < -0.3 is 10.6 Å². The van der Waals surface area contributed by atoms with Gasteiger partial charge in [0.15, 0.2) is 0 Å². The van der Waals surface area contributed by atoms with Crippen LogP contribution in [0.2, 0.25) is 0 Å². The standard InChI is InChI=1S/C17H19N5O2/c1-2-16(23)21-14-5-3-13(4-6-14)17(24)19-9-12-7-15(8-12)22-11-18-10-20-22/h2-6,10-12,15H,1,7-9H2,(H,19,24)(H,21,23). The summed E-state index contributed by atoms with van der Waals surface area (Å²) < 4.78 is 1.87. The summed E-state index contributed by atoms with van der Waals surface area (Å²) in [6.45, 7) is 4.05. The van der Waals surface area contributed by atoms with Crippen LogP contribution >= 0.6 is 0 Å². The van der Waals surface area contributed by atoms with Crippen molar-refractivity contribution in [3.63, 3.8) is 0 Å². The molecule has 0 atom stereocenters. The number of hydrogen-bond donors (Lipinski definition) is 2. The Balaban J connectivity index is 1.44. The maximum absolute atomic E-state index is 12.1. The molecule has 0 unspecified atom stereocenters. The lowest BCUT2D eigenvalue weighted by Gasteiger charge is -2.35. The van der Waals surface area contributed by atoms with Crippen molar-refractivity contribution in [3.8, 4) is 0 Å². The predicted molar refractivity (Wildman–Crippen MR) is 89.4 cm³/mol. The van der Waals surface area contributed by atoms with E-state index < -0.39 is 0 Å². The van der Waals surface area contributed by atoms with Gasteiger partial charge in [0.2, 0.25) is 5.91 Å². The second-order valence-corrected chi connectivity index (χ2v) is 5.85. The van der Waals surface area contributed by atoms with E-state index in [1.54, 1.807) is 30.6 Å². The van der Waals surface area contributed by atoms with Crippen LogP contribution < -0.4 is 10.6 Å². The van der Waals surface area contributed by atoms with Crippen LogP contribution in [0.15, 0.2) is 49.6 Å². The second-order valence-electron chi connectivity index (χ2n) is 5.85. The van der Waals surface area contributed by atoms with E-state index in [9.17, 15) is 9.59 Å². The minimum Gasteiger partial charge on any atom is -0.352 e. The van der Waals surface area contributed by atoms with Crippen LogP contribution in [0.5, 0.6) is 0 Å². The highest BCUT2D eigenvalue weighted by atomic mass is 16.2. The predicted octanol–water partition coefficient (Wildman–Crippen LogP) is 1.78. The normalized spacial score (nSPS) is 19.2. The Morgan fingerprint density at radius 1 is 1.29 bits per heavy atom. The van der Waals surface area contributed by atoms with Crippen molar-refractivity contribution in [1.82, 2.24) is 20.1 Å². The topological polar surface area (TPSA) is 88.9 Å². The molecule has 2 N–H and O–H groups in total. The van der Waals surface area contributed by atoms with Crippen molar-refractivity contribution in [2.45, 2.75) is 18.9 Å². The Bertz CT molecular complexity index is 718. The maximum Gasteiger partial charge on any atom is 0.251 e. The van der Waals surface area contributed by atoms with Gasteiger partial charge in [-0.3, -0.25) is 9.59 Å². The molecular weight excluding hydrogens is 306 g/mol. The molecular formula is C17H19N5O2. The molecule has 124 valence electrons. The van der Waals surface area contributed by atoms with Crippen molar-refractivity contribution in [3.05, 3.63) is 55.1 Å². The Morgan fingerprint density at radius 3 is 2.67 bits per heavy atom. The van der Waals surface area contributed by atoms with Crippen LogP contribution in [0.4, 0.5) is 5.69 Å². The average molecular weight is 325 g/mol. The number of amides is 2. The van der Waals surface area contributed by atoms with E-state index in [1.165, 1.54) is 12.4 Å². The average Bonchev–Trinajstić information content (AvgIpc) is 3.07. The molecule has 1 aromatic carbocycles. The number of aromatic nitrogens is 3. The smallest absolute Gasteiger partial charge is 0.251 e. The lowest BCUT2D eigenvalue weighted by molar-refractivity contribution is -0.111. The third kappa shape index (κ3) is 3.68. The number of rotatable bonds is 6. The molecule has 2 aromatic rings. The summed E-state index contributed by atoms with van der Waals surface area (Å²) in [5, 5.41) is 9.73. The molecule has 3 rings (SSSR count). The third-order valence-electron chi connectivity index (χ3n) is 4.17. The minimum atomic E-state index is -0.279. The fourth-order valence-electron chi connectivity index (χ4n) is 2.73. The molecule has 0 spiro atoms. The summed E-state index contributed by atoms with van der Waals surface area (Å²) in [5.41, 5.74) is 1.20. The van der Waals surface area contributed by atoms with E-state index in [2.05, 4.69) is 27.3 Å². The summed E-state index contributed by atoms with van der Waals surface area (Å²) in [6, 6.07) is 7.16. The largest absolute Gasteiger partial charge is 0.352 e. The monoisotopic (exact) mass is 325 g/mol. The molecule has 7 nitrogen and oxygen atoms in total. The van der Waals surface area contributed by atoms with E-state index in [0.717, 1.165) is 12.8 Å². The van der Waals surface area contributed by atoms with Crippen molar-refractivity contribution < 1.29 is 9.59 Å². The summed E-state index contributed by atoms with van der Waals surface area (Å²) >= 11 is 0. The van der Waals surface area contributed by atoms with E-state index >= 15 is 0 Å². The quantitative estimate of drug-likeness (QED) is 0.792. The van der Waals surface area contributed by atoms with Gasteiger partial charge in [-0.1, -0.05) is 6.58 Å². The van der Waals surface area contributed by atoms with Gasteiger partial charge in [-0.05, 0) is 49.1 Å². The van der Waals surface area contributed by atoms with Crippen LogP contribution in [0, 0.1) is 5.92 Å². The van der Waals surface area contributed by atoms with Gasteiger partial charge in [-0.2, -0.15) is 5.10 Å². The number of benzene rings is 1. The molecule has 1 saturated carbocycles. The molecule has 0 aliphatic heterocycles. The first-order valence-electron chi connectivity index (χ1n) is 7.81. The Hall–Kier alpha value is -2.96. The van der Waals surface area contributed by atoms with Crippen LogP contribution in [0.25, 0.3) is 0 Å². The molecule has 0 saturated heterocycles. The van der Waals surface area contributed by atoms with Crippen LogP contribution in [0.1, 0.15) is 29.2 Å². The fourth-order valence-corrected chi connectivity index (χ4v) is 2.73. The molecule has 7 heteroatoms. The number of hydrogen-bond acceptors (Lipinski definition) is 4. The summed E-state index contributed by atoms with van der Waals surface area (Å²) in [6.07, 6.45) is 6.46. The summed E-state index contributed by atoms with van der Waals surface area (Å²) in [7, 11) is 0. The highest BCUT2D eigenvalue weighted by Gasteiger charge is 2.31. The third-order valence-corrected chi connectivity index (χ3v) is 4.17. The van der Waals surface area contributed by atoms with Gasteiger partial charge in [-0.25, -0.2) is 9.67 Å². The molecule has 2 amide bonds. The van der Waals surface area contributed by atoms with Gasteiger partial charge in [0, 0.05) is 17.8 Å². The molecule has 1 heterocycles. The number of anilines is 1. The molecule has 1 fully saturated rings. The maximum atomic E-state index is 12.1. The Kier molecular flexibility index (Phi) is 4.69. The molecule has 1 aliphatic carbocycles. The van der Waals surface area contributed by atoms with Gasteiger partial charge in [0.25, 0.3) is 5.91 Å². The first kappa shape index (κ1) is 15.9. The zero-order chi connectivity index (χ0) is 16.9. The second kappa shape index (κ2) is 7.08. The Labute approximate surface area is 139 Å². The highest BCUT2D eigenvalue weighted by molar-refractivity contribution is 5.99. The molecule has 1 aliphatic rings. The number of carbonyl (C=O) groups is 2. The van der Waals surface area contributed by atoms with Crippen molar-refractivity contribution >= 4 is 17.5 Å². The fraction of sp³-hybridized carbons (Fsp3) is 0.294. The van der Waals surface area contributed by atoms with Crippen LogP contribution in [-0.2, 0) is 4.79 Å². The van der Waals surface area contributed by atoms with E-state index in [4.69, 9.17) is 0 Å². The summed E-state index contributed by atoms with van der Waals surface area (Å²) in [5.74, 6) is 0.0780. The molecule has 0 radical (unpaired) electrons. The lowest BCUT2D eigenvalue weighted by atomic mass is 9.80. The van der Waals surface area contributed by atoms with Crippen molar-refractivity contribution in [2.75, 3.05) is 11.9 Å². The van der Waals surface area contributed by atoms with Gasteiger partial charge in [0.05, 0.1) is 6.04 Å². The van der Waals surface area contributed by atoms with Gasteiger partial charge in [-0.15, -0.1) is 0 Å². The van der Waals surface area contributed by atoms with E-state index in [1.807, 2.05) is 4.68 Å². The van der Waals surface area contributed by atoms with Gasteiger partial charge >= 0.3 is 0 Å². The minimum absolute atomic E-state index is 0.110. The lowest BCUT2D eigenvalue weighted by Crippen LogP contribution is -2.37. The molecule has 1 aromatic heterocycles. The molecule has 0 bridgehead atoms. The zero-order valence-electron chi connectivity index (χ0n) is 13.2. The number of nitrogens with one attached hydrogen (secondary N) is 2. The van der Waals surface area contributed by atoms with Gasteiger partial charge in [0.1, 0.15) is 12.7 Å². The number of nitrogens with zero attached hydrogens (tertiary/aromatic N) is 3. The van der Waals surface area contributed by atoms with Crippen LogP contribution in [0.3, 0.4) is 0 Å². The summed E-state index contributed by atoms with van der Waals surface area (Å²) in [4.78, 5) is 27.3. The molecule has 24 heavy (non-hydrogen) atoms. The van der Waals surface area contributed by atoms with Crippen LogP contribution in [-0.4, -0.2) is 33.1 Å². The zero-order valence-corrected chi connectivity index (χ0v) is 13.2. The first-order valence-corrected chi connectivity index (χ1v) is 7.81. The SMILES string of the molecule is C=CC(=O)Nc1ccc(C(=O)NCC2CC(n3cncn3)C2)cc1. The van der Waals surface area contributed by atoms with E-state index in [-0.39, 0.29) is 11.8 Å². The number of carbonyl (C=O) groups excluding carboxylic acids is 2. The first-order chi connectivity index (χ1) is 11.7. The van der Waals surface area contributed by atoms with E-state index in [0.29, 0.717) is 29.8 Å². The highest BCUT2D eigenvalue weighted by Crippen LogP contribution is 2.36.